The van der Waals surface area contributed by atoms with E-state index in [0.717, 1.165) is 49.1 Å². The van der Waals surface area contributed by atoms with Crippen molar-refractivity contribution in [1.82, 2.24) is 4.90 Å². The van der Waals surface area contributed by atoms with Crippen molar-refractivity contribution in [3.63, 3.8) is 0 Å². The highest BCUT2D eigenvalue weighted by atomic mass is 19.4. The summed E-state index contributed by atoms with van der Waals surface area (Å²) < 4.78 is 31.7. The van der Waals surface area contributed by atoms with Crippen molar-refractivity contribution in [1.29, 1.82) is 0 Å². The number of piperazine rings is 1. The van der Waals surface area contributed by atoms with Crippen molar-refractivity contribution in [2.24, 2.45) is 0 Å². The minimum Gasteiger partial charge on any atom is -0.478 e. The van der Waals surface area contributed by atoms with Crippen molar-refractivity contribution < 1.29 is 37.8 Å². The number of likely N-dealkylation sites (N-methyl/N-ethyl adjacent to an activating group) is 1. The molecule has 186 valence electrons. The van der Waals surface area contributed by atoms with Crippen molar-refractivity contribution in [3.05, 3.63) is 77.4 Å². The van der Waals surface area contributed by atoms with Gasteiger partial charge in [0, 0.05) is 43.5 Å². The number of carbonyl (C=O) groups is 3. The lowest BCUT2D eigenvalue weighted by Gasteiger charge is -2.34. The Kier molecular flexibility index (Phi) is 9.77. The molecular weight excluding hydrogens is 465 g/mol. The molecule has 1 saturated heterocycles. The van der Waals surface area contributed by atoms with Crippen LogP contribution in [0.3, 0.4) is 0 Å². The first-order chi connectivity index (χ1) is 16.5. The van der Waals surface area contributed by atoms with E-state index in [0.29, 0.717) is 5.56 Å². The van der Waals surface area contributed by atoms with Crippen LogP contribution in [0.4, 0.5) is 18.9 Å². The Morgan fingerprint density at radius 1 is 0.857 bits per heavy atom. The molecule has 1 aliphatic rings. The molecule has 0 saturated carbocycles. The molecule has 2 aromatic carbocycles. The quantitative estimate of drug-likeness (QED) is 0.465. The number of carbonyl (C=O) groups excluding carboxylic acids is 1. The van der Waals surface area contributed by atoms with E-state index in [1.54, 1.807) is 12.2 Å². The second-order valence-corrected chi connectivity index (χ2v) is 7.65. The summed E-state index contributed by atoms with van der Waals surface area (Å²) in [5.41, 5.74) is 3.29. The normalized spacial score (nSPS) is 14.6. The molecule has 0 aromatic heterocycles. The zero-order valence-corrected chi connectivity index (χ0v) is 18.9. The number of allylic oxidation sites excluding steroid dienone is 1. The number of hydrogen-bond donors (Lipinski definition) is 2. The lowest BCUT2D eigenvalue weighted by Crippen LogP contribution is -2.44. The van der Waals surface area contributed by atoms with Crippen LogP contribution in [0.5, 0.6) is 0 Å². The third-order valence-electron chi connectivity index (χ3n) is 5.01. The van der Waals surface area contributed by atoms with Crippen LogP contribution in [0.1, 0.15) is 21.5 Å². The first kappa shape index (κ1) is 27.3. The minimum atomic E-state index is -5.08. The number of benzene rings is 2. The van der Waals surface area contributed by atoms with Gasteiger partial charge in [0.2, 0.25) is 0 Å². The van der Waals surface area contributed by atoms with Crippen LogP contribution in [-0.2, 0) is 9.59 Å². The molecule has 0 spiro atoms. The number of ketones is 1. The van der Waals surface area contributed by atoms with Gasteiger partial charge in [-0.3, -0.25) is 4.79 Å². The fourth-order valence-corrected chi connectivity index (χ4v) is 3.20. The van der Waals surface area contributed by atoms with Gasteiger partial charge >= 0.3 is 18.1 Å². The lowest BCUT2D eigenvalue weighted by molar-refractivity contribution is -0.192. The zero-order valence-electron chi connectivity index (χ0n) is 18.9. The Bertz CT molecular complexity index is 1100. The SMILES string of the molecule is CN1CCN(c2ccccc2C(=O)/C=C/c2cccc(/C=C/C(=O)O)c2)CC1.O=C(O)C(F)(F)F. The Hall–Kier alpha value is -3.92. The molecular formula is C25H25F3N2O5. The molecule has 7 nitrogen and oxygen atoms in total. The first-order valence-corrected chi connectivity index (χ1v) is 10.5. The van der Waals surface area contributed by atoms with Crippen LogP contribution < -0.4 is 4.90 Å². The maximum absolute atomic E-state index is 12.8. The summed E-state index contributed by atoms with van der Waals surface area (Å²) in [6.07, 6.45) is 0.889. The molecule has 0 amide bonds. The van der Waals surface area contributed by atoms with Gasteiger partial charge in [-0.1, -0.05) is 36.4 Å². The monoisotopic (exact) mass is 490 g/mol. The zero-order chi connectivity index (χ0) is 26.0. The Labute approximate surface area is 200 Å². The summed E-state index contributed by atoms with van der Waals surface area (Å²) in [6.45, 7) is 3.77. The first-order valence-electron chi connectivity index (χ1n) is 10.5. The highest BCUT2D eigenvalue weighted by Gasteiger charge is 2.38. The number of carboxylic acids is 2. The molecule has 0 atom stereocenters. The number of hydrogen-bond acceptors (Lipinski definition) is 5. The highest BCUT2D eigenvalue weighted by Crippen LogP contribution is 2.23. The molecule has 1 aliphatic heterocycles. The molecule has 2 aromatic rings. The van der Waals surface area contributed by atoms with Gasteiger partial charge in [-0.05, 0) is 48.5 Å². The van der Waals surface area contributed by atoms with Crippen LogP contribution in [0.2, 0.25) is 0 Å². The fraction of sp³-hybridized carbons (Fsp3) is 0.240. The maximum atomic E-state index is 12.8. The summed E-state index contributed by atoms with van der Waals surface area (Å²) >= 11 is 0. The molecule has 35 heavy (non-hydrogen) atoms. The number of anilines is 1. The second-order valence-electron chi connectivity index (χ2n) is 7.65. The van der Waals surface area contributed by atoms with Crippen LogP contribution in [-0.4, -0.2) is 72.2 Å². The molecule has 1 heterocycles. The summed E-state index contributed by atoms with van der Waals surface area (Å²) in [6, 6.07) is 15.1. The van der Waals surface area contributed by atoms with Gasteiger partial charge in [-0.2, -0.15) is 13.2 Å². The molecule has 0 aliphatic carbocycles. The van der Waals surface area contributed by atoms with Gasteiger partial charge < -0.3 is 20.0 Å². The smallest absolute Gasteiger partial charge is 0.478 e. The van der Waals surface area contributed by atoms with E-state index in [4.69, 9.17) is 15.0 Å². The minimum absolute atomic E-state index is 0.0407. The number of alkyl halides is 3. The largest absolute Gasteiger partial charge is 0.490 e. The number of halogens is 3. The highest BCUT2D eigenvalue weighted by molar-refractivity contribution is 6.10. The molecule has 0 radical (unpaired) electrons. The van der Waals surface area contributed by atoms with E-state index in [-0.39, 0.29) is 5.78 Å². The molecule has 3 rings (SSSR count). The van der Waals surface area contributed by atoms with Crippen LogP contribution in [0, 0.1) is 0 Å². The Morgan fingerprint density at radius 2 is 1.40 bits per heavy atom. The van der Waals surface area contributed by atoms with Gasteiger partial charge in [0.1, 0.15) is 0 Å². The van der Waals surface area contributed by atoms with Gasteiger partial charge in [-0.25, -0.2) is 9.59 Å². The van der Waals surface area contributed by atoms with Crippen molar-refractivity contribution in [2.45, 2.75) is 6.18 Å². The number of para-hydroxylation sites is 1. The summed E-state index contributed by atoms with van der Waals surface area (Å²) in [5.74, 6) is -3.79. The van der Waals surface area contributed by atoms with Crippen molar-refractivity contribution in [3.8, 4) is 0 Å². The average molecular weight is 490 g/mol. The van der Waals surface area contributed by atoms with Gasteiger partial charge in [-0.15, -0.1) is 0 Å². The fourth-order valence-electron chi connectivity index (χ4n) is 3.20. The van der Waals surface area contributed by atoms with Gasteiger partial charge in [0.15, 0.2) is 5.78 Å². The number of carboxylic acid groups (broad SMARTS) is 2. The van der Waals surface area contributed by atoms with E-state index in [1.807, 2.05) is 48.5 Å². The summed E-state index contributed by atoms with van der Waals surface area (Å²) in [5, 5.41) is 15.9. The van der Waals surface area contributed by atoms with Gasteiger partial charge in [0.25, 0.3) is 0 Å². The standard InChI is InChI=1S/C23H24N2O3.C2HF3O2/c1-24-13-15-25(16-14-24)21-8-3-2-7-20(21)22(26)11-9-18-5-4-6-19(17-18)10-12-23(27)28;3-2(4,5)1(6)7/h2-12,17H,13-16H2,1H3,(H,27,28);(H,6,7)/b11-9+,12-10+;. The van der Waals surface area contributed by atoms with E-state index in [1.165, 1.54) is 6.08 Å². The third-order valence-corrected chi connectivity index (χ3v) is 5.01. The van der Waals surface area contributed by atoms with E-state index in [9.17, 15) is 22.8 Å². The summed E-state index contributed by atoms with van der Waals surface area (Å²) in [7, 11) is 2.11. The Morgan fingerprint density at radius 3 is 1.94 bits per heavy atom. The third kappa shape index (κ3) is 9.09. The molecule has 0 unspecified atom stereocenters. The van der Waals surface area contributed by atoms with Crippen LogP contribution in [0.25, 0.3) is 12.2 Å². The summed E-state index contributed by atoms with van der Waals surface area (Å²) in [4.78, 5) is 36.9. The number of rotatable bonds is 6. The van der Waals surface area contributed by atoms with Crippen molar-refractivity contribution in [2.75, 3.05) is 38.1 Å². The van der Waals surface area contributed by atoms with Gasteiger partial charge in [0.05, 0.1) is 0 Å². The van der Waals surface area contributed by atoms with Crippen LogP contribution in [0.15, 0.2) is 60.7 Å². The van der Waals surface area contributed by atoms with E-state index < -0.39 is 18.1 Å². The number of aliphatic carboxylic acids is 2. The van der Waals surface area contributed by atoms with Crippen molar-refractivity contribution >= 4 is 35.6 Å². The molecule has 1 fully saturated rings. The molecule has 0 bridgehead atoms. The van der Waals surface area contributed by atoms with E-state index >= 15 is 0 Å². The maximum Gasteiger partial charge on any atom is 0.490 e. The second kappa shape index (κ2) is 12.5. The predicted octanol–water partition coefficient (Wildman–Crippen LogP) is 4.07. The Balaban J connectivity index is 0.000000540. The topological polar surface area (TPSA) is 98.2 Å². The van der Waals surface area contributed by atoms with E-state index in [2.05, 4.69) is 16.8 Å². The molecule has 2 N–H and O–H groups in total. The average Bonchev–Trinajstić information content (AvgIpc) is 2.82. The molecule has 10 heteroatoms. The predicted molar refractivity (Wildman–Crippen MR) is 126 cm³/mol. The van der Waals surface area contributed by atoms with Crippen LogP contribution >= 0.6 is 0 Å². The number of nitrogens with zero attached hydrogens (tertiary/aromatic N) is 2. The lowest BCUT2D eigenvalue weighted by atomic mass is 10.0.